The Morgan fingerprint density at radius 1 is 1.35 bits per heavy atom. The van der Waals surface area contributed by atoms with Gasteiger partial charge in [0, 0.05) is 6.42 Å². The number of benzene rings is 1. The van der Waals surface area contributed by atoms with E-state index >= 15 is 0 Å². The van der Waals surface area contributed by atoms with Crippen molar-refractivity contribution >= 4 is 5.84 Å². The molecule has 1 unspecified atom stereocenters. The van der Waals surface area contributed by atoms with E-state index in [0.29, 0.717) is 6.42 Å². The van der Waals surface area contributed by atoms with Crippen molar-refractivity contribution in [2.45, 2.75) is 25.9 Å². The number of ether oxygens (including phenoxy) is 2. The molecule has 1 aromatic carbocycles. The van der Waals surface area contributed by atoms with E-state index in [1.165, 1.54) is 0 Å². The summed E-state index contributed by atoms with van der Waals surface area (Å²) in [6.45, 7) is 1.98. The Kier molecular flexibility index (Phi) is 5.13. The zero-order valence-corrected chi connectivity index (χ0v) is 10.1. The van der Waals surface area contributed by atoms with E-state index in [2.05, 4.69) is 5.16 Å². The standard InChI is InChI=1S/C12H18N2O3/c1-3-9(8-12(13)14-15)17-11-6-4-10(16-2)5-7-11/h4-7,9,15H,3,8H2,1-2H3,(H2,13,14). The van der Waals surface area contributed by atoms with Crippen LogP contribution in [0.4, 0.5) is 0 Å². The molecule has 0 heterocycles. The Bertz CT molecular complexity index is 363. The van der Waals surface area contributed by atoms with E-state index < -0.39 is 0 Å². The Balaban J connectivity index is 2.60. The highest BCUT2D eigenvalue weighted by Crippen LogP contribution is 2.19. The van der Waals surface area contributed by atoms with Gasteiger partial charge in [-0.2, -0.15) is 0 Å². The summed E-state index contributed by atoms with van der Waals surface area (Å²) in [5.74, 6) is 1.69. The summed E-state index contributed by atoms with van der Waals surface area (Å²) >= 11 is 0. The van der Waals surface area contributed by atoms with Gasteiger partial charge in [-0.15, -0.1) is 0 Å². The molecule has 1 aromatic rings. The number of nitrogens with two attached hydrogens (primary N) is 1. The van der Waals surface area contributed by atoms with Gasteiger partial charge in [0.15, 0.2) is 0 Å². The highest BCUT2D eigenvalue weighted by atomic mass is 16.5. The van der Waals surface area contributed by atoms with Crippen molar-refractivity contribution in [2.75, 3.05) is 7.11 Å². The summed E-state index contributed by atoms with van der Waals surface area (Å²) < 4.78 is 10.8. The van der Waals surface area contributed by atoms with Crippen molar-refractivity contribution in [1.82, 2.24) is 0 Å². The summed E-state index contributed by atoms with van der Waals surface area (Å²) in [7, 11) is 1.61. The van der Waals surface area contributed by atoms with Gasteiger partial charge in [0.25, 0.3) is 0 Å². The molecule has 0 aliphatic rings. The van der Waals surface area contributed by atoms with Crippen LogP contribution in [0, 0.1) is 0 Å². The van der Waals surface area contributed by atoms with Crippen molar-refractivity contribution < 1.29 is 14.7 Å². The van der Waals surface area contributed by atoms with Crippen LogP contribution in [-0.2, 0) is 0 Å². The summed E-state index contributed by atoms with van der Waals surface area (Å²) in [6.07, 6.45) is 1.08. The largest absolute Gasteiger partial charge is 0.497 e. The molecule has 0 radical (unpaired) electrons. The van der Waals surface area contributed by atoms with Gasteiger partial charge in [0.2, 0.25) is 0 Å². The monoisotopic (exact) mass is 238 g/mol. The minimum absolute atomic E-state index is 0.0979. The molecule has 5 heteroatoms. The van der Waals surface area contributed by atoms with Crippen LogP contribution in [0.3, 0.4) is 0 Å². The van der Waals surface area contributed by atoms with E-state index in [9.17, 15) is 0 Å². The Morgan fingerprint density at radius 3 is 2.41 bits per heavy atom. The zero-order valence-electron chi connectivity index (χ0n) is 10.1. The lowest BCUT2D eigenvalue weighted by atomic mass is 10.2. The third kappa shape index (κ3) is 4.22. The second kappa shape index (κ2) is 6.62. The quantitative estimate of drug-likeness (QED) is 0.344. The molecule has 94 valence electrons. The zero-order chi connectivity index (χ0) is 12.7. The fourth-order valence-corrected chi connectivity index (χ4v) is 1.39. The van der Waals surface area contributed by atoms with Crippen LogP contribution in [0.25, 0.3) is 0 Å². The topological polar surface area (TPSA) is 77.1 Å². The molecule has 0 saturated heterocycles. The highest BCUT2D eigenvalue weighted by molar-refractivity contribution is 5.80. The molecule has 0 aromatic heterocycles. The molecule has 0 spiro atoms. The molecular formula is C12H18N2O3. The molecule has 0 aliphatic heterocycles. The van der Waals surface area contributed by atoms with Crippen LogP contribution < -0.4 is 15.2 Å². The number of hydrogen-bond donors (Lipinski definition) is 2. The van der Waals surface area contributed by atoms with Gasteiger partial charge in [0.1, 0.15) is 23.4 Å². The smallest absolute Gasteiger partial charge is 0.142 e. The molecular weight excluding hydrogens is 220 g/mol. The number of amidine groups is 1. The number of methoxy groups -OCH3 is 1. The number of oxime groups is 1. The third-order valence-electron chi connectivity index (χ3n) is 2.38. The van der Waals surface area contributed by atoms with Gasteiger partial charge in [-0.1, -0.05) is 12.1 Å². The maximum atomic E-state index is 8.50. The second-order valence-electron chi connectivity index (χ2n) is 3.62. The molecule has 0 bridgehead atoms. The van der Waals surface area contributed by atoms with Crippen LogP contribution >= 0.6 is 0 Å². The van der Waals surface area contributed by atoms with Crippen LogP contribution in [0.1, 0.15) is 19.8 Å². The lowest BCUT2D eigenvalue weighted by molar-refractivity contribution is 0.202. The predicted octanol–water partition coefficient (Wildman–Crippen LogP) is 1.99. The Hall–Kier alpha value is -1.91. The van der Waals surface area contributed by atoms with Crippen molar-refractivity contribution in [3.8, 4) is 11.5 Å². The first kappa shape index (κ1) is 13.2. The van der Waals surface area contributed by atoms with Crippen molar-refractivity contribution in [3.63, 3.8) is 0 Å². The summed E-state index contributed by atoms with van der Waals surface area (Å²) in [6, 6.07) is 7.30. The third-order valence-corrected chi connectivity index (χ3v) is 2.38. The average molecular weight is 238 g/mol. The van der Waals surface area contributed by atoms with E-state index in [1.54, 1.807) is 7.11 Å². The van der Waals surface area contributed by atoms with Gasteiger partial charge in [0.05, 0.1) is 7.11 Å². The Morgan fingerprint density at radius 2 is 1.94 bits per heavy atom. The predicted molar refractivity (Wildman–Crippen MR) is 65.7 cm³/mol. The molecule has 17 heavy (non-hydrogen) atoms. The highest BCUT2D eigenvalue weighted by Gasteiger charge is 2.10. The SMILES string of the molecule is CCC(C/C(N)=N/O)Oc1ccc(OC)cc1. The summed E-state index contributed by atoms with van der Waals surface area (Å²) in [5.41, 5.74) is 5.45. The number of nitrogens with zero attached hydrogens (tertiary/aromatic N) is 1. The molecule has 5 nitrogen and oxygen atoms in total. The minimum Gasteiger partial charge on any atom is -0.497 e. The molecule has 0 saturated carbocycles. The number of hydrogen-bond acceptors (Lipinski definition) is 4. The first-order valence-electron chi connectivity index (χ1n) is 5.46. The van der Waals surface area contributed by atoms with Gasteiger partial charge >= 0.3 is 0 Å². The fourth-order valence-electron chi connectivity index (χ4n) is 1.39. The molecule has 1 rings (SSSR count). The first-order chi connectivity index (χ1) is 8.19. The van der Waals surface area contributed by atoms with Gasteiger partial charge in [-0.05, 0) is 30.7 Å². The van der Waals surface area contributed by atoms with Crippen LogP contribution in [-0.4, -0.2) is 24.3 Å². The Labute approximate surface area is 101 Å². The average Bonchev–Trinajstić information content (AvgIpc) is 2.38. The fraction of sp³-hybridized carbons (Fsp3) is 0.417. The first-order valence-corrected chi connectivity index (χ1v) is 5.46. The van der Waals surface area contributed by atoms with Crippen molar-refractivity contribution in [2.24, 2.45) is 10.9 Å². The number of rotatable bonds is 6. The van der Waals surface area contributed by atoms with Crippen molar-refractivity contribution in [1.29, 1.82) is 0 Å². The van der Waals surface area contributed by atoms with E-state index in [1.807, 2.05) is 31.2 Å². The van der Waals surface area contributed by atoms with Crippen LogP contribution in [0.5, 0.6) is 11.5 Å². The van der Waals surface area contributed by atoms with Gasteiger partial charge in [-0.3, -0.25) is 0 Å². The maximum absolute atomic E-state index is 8.50. The summed E-state index contributed by atoms with van der Waals surface area (Å²) in [5, 5.41) is 11.4. The lowest BCUT2D eigenvalue weighted by Gasteiger charge is -2.16. The molecule has 0 amide bonds. The van der Waals surface area contributed by atoms with Crippen LogP contribution in [0.15, 0.2) is 29.4 Å². The second-order valence-corrected chi connectivity index (χ2v) is 3.62. The van der Waals surface area contributed by atoms with Crippen LogP contribution in [0.2, 0.25) is 0 Å². The molecule has 3 N–H and O–H groups in total. The van der Waals surface area contributed by atoms with E-state index in [4.69, 9.17) is 20.4 Å². The van der Waals surface area contributed by atoms with Crippen molar-refractivity contribution in [3.05, 3.63) is 24.3 Å². The molecule has 0 aliphatic carbocycles. The van der Waals surface area contributed by atoms with E-state index in [-0.39, 0.29) is 11.9 Å². The maximum Gasteiger partial charge on any atom is 0.142 e. The normalized spacial score (nSPS) is 13.2. The lowest BCUT2D eigenvalue weighted by Crippen LogP contribution is -2.24. The summed E-state index contributed by atoms with van der Waals surface area (Å²) in [4.78, 5) is 0. The minimum atomic E-state index is -0.0979. The van der Waals surface area contributed by atoms with Gasteiger partial charge < -0.3 is 20.4 Å². The van der Waals surface area contributed by atoms with Gasteiger partial charge in [-0.25, -0.2) is 0 Å². The van der Waals surface area contributed by atoms with E-state index in [0.717, 1.165) is 17.9 Å². The molecule has 1 atom stereocenters. The molecule has 0 fully saturated rings.